The second-order valence-electron chi connectivity index (χ2n) is 5.19. The van der Waals surface area contributed by atoms with Gasteiger partial charge in [0.1, 0.15) is 5.75 Å². The van der Waals surface area contributed by atoms with Gasteiger partial charge in [-0.25, -0.2) is 0 Å². The molecule has 2 heterocycles. The summed E-state index contributed by atoms with van der Waals surface area (Å²) in [6.07, 6.45) is 4.79. The van der Waals surface area contributed by atoms with Crippen molar-refractivity contribution in [2.24, 2.45) is 5.92 Å². The minimum absolute atomic E-state index is 0.469. The standard InChI is InChI=1S/C15H25NO2S/c1-3-6-16-14(9-12-4-7-18-8-5-12)15-10-13(17-2)11-19-15/h10-12,14,16H,3-9H2,1-2H3. The Labute approximate surface area is 120 Å². The Kier molecular flexibility index (Phi) is 6.14. The first-order valence-electron chi connectivity index (χ1n) is 7.27. The van der Waals surface area contributed by atoms with E-state index in [4.69, 9.17) is 9.47 Å². The molecule has 1 atom stereocenters. The SMILES string of the molecule is CCCNC(CC1CCOCC1)c1cc(OC)cs1. The molecule has 1 N–H and O–H groups in total. The van der Waals surface area contributed by atoms with Gasteiger partial charge in [-0.1, -0.05) is 6.92 Å². The Morgan fingerprint density at radius 3 is 2.89 bits per heavy atom. The van der Waals surface area contributed by atoms with Gasteiger partial charge in [-0.3, -0.25) is 0 Å². The molecule has 2 rings (SSSR count). The number of hydrogen-bond acceptors (Lipinski definition) is 4. The summed E-state index contributed by atoms with van der Waals surface area (Å²) < 4.78 is 10.8. The van der Waals surface area contributed by atoms with Crippen molar-refractivity contribution in [2.45, 2.75) is 38.6 Å². The third kappa shape index (κ3) is 4.48. The summed E-state index contributed by atoms with van der Waals surface area (Å²) in [5, 5.41) is 5.78. The van der Waals surface area contributed by atoms with Gasteiger partial charge in [-0.15, -0.1) is 11.3 Å². The summed E-state index contributed by atoms with van der Waals surface area (Å²) in [5.41, 5.74) is 0. The second kappa shape index (κ2) is 7.88. The fourth-order valence-electron chi connectivity index (χ4n) is 2.56. The average molecular weight is 283 g/mol. The van der Waals surface area contributed by atoms with Gasteiger partial charge < -0.3 is 14.8 Å². The molecule has 1 fully saturated rings. The summed E-state index contributed by atoms with van der Waals surface area (Å²) in [6, 6.07) is 2.65. The molecule has 108 valence electrons. The first kappa shape index (κ1) is 14.8. The molecule has 0 aliphatic carbocycles. The van der Waals surface area contributed by atoms with Crippen molar-refractivity contribution in [3.63, 3.8) is 0 Å². The van der Waals surface area contributed by atoms with E-state index in [-0.39, 0.29) is 0 Å². The van der Waals surface area contributed by atoms with Crippen LogP contribution < -0.4 is 10.1 Å². The average Bonchev–Trinajstić information content (AvgIpc) is 2.93. The Morgan fingerprint density at radius 1 is 1.47 bits per heavy atom. The normalized spacial score (nSPS) is 18.4. The summed E-state index contributed by atoms with van der Waals surface area (Å²) in [6.45, 7) is 5.15. The van der Waals surface area contributed by atoms with Gasteiger partial charge in [0, 0.05) is 29.5 Å². The lowest BCUT2D eigenvalue weighted by molar-refractivity contribution is 0.0606. The highest BCUT2D eigenvalue weighted by molar-refractivity contribution is 7.10. The van der Waals surface area contributed by atoms with E-state index in [1.807, 2.05) is 0 Å². The maximum Gasteiger partial charge on any atom is 0.129 e. The van der Waals surface area contributed by atoms with Crippen LogP contribution in [-0.4, -0.2) is 26.9 Å². The highest BCUT2D eigenvalue weighted by atomic mass is 32.1. The van der Waals surface area contributed by atoms with Crippen LogP contribution in [0.4, 0.5) is 0 Å². The van der Waals surface area contributed by atoms with Gasteiger partial charge in [-0.05, 0) is 44.2 Å². The van der Waals surface area contributed by atoms with E-state index in [2.05, 4.69) is 23.7 Å². The topological polar surface area (TPSA) is 30.5 Å². The number of rotatable bonds is 7. The van der Waals surface area contributed by atoms with E-state index >= 15 is 0 Å². The fourth-order valence-corrected chi connectivity index (χ4v) is 3.50. The van der Waals surface area contributed by atoms with Crippen LogP contribution >= 0.6 is 11.3 Å². The zero-order chi connectivity index (χ0) is 13.5. The molecule has 1 unspecified atom stereocenters. The molecule has 1 aliphatic heterocycles. The number of nitrogens with one attached hydrogen (secondary N) is 1. The number of ether oxygens (including phenoxy) is 2. The predicted octanol–water partition coefficient (Wildman–Crippen LogP) is 3.61. The molecule has 1 aliphatic rings. The van der Waals surface area contributed by atoms with Crippen LogP contribution in [0, 0.1) is 5.92 Å². The van der Waals surface area contributed by atoms with Gasteiger partial charge in [0.05, 0.1) is 7.11 Å². The number of hydrogen-bond donors (Lipinski definition) is 1. The monoisotopic (exact) mass is 283 g/mol. The van der Waals surface area contributed by atoms with Crippen molar-refractivity contribution in [1.82, 2.24) is 5.32 Å². The van der Waals surface area contributed by atoms with Crippen LogP contribution in [0.25, 0.3) is 0 Å². The summed E-state index contributed by atoms with van der Waals surface area (Å²) in [5.74, 6) is 1.77. The Hall–Kier alpha value is -0.580. The number of thiophene rings is 1. The molecular weight excluding hydrogens is 258 g/mol. The third-order valence-electron chi connectivity index (χ3n) is 3.73. The van der Waals surface area contributed by atoms with Crippen molar-refractivity contribution in [3.05, 3.63) is 16.3 Å². The quantitative estimate of drug-likeness (QED) is 0.829. The molecule has 0 amide bonds. The van der Waals surface area contributed by atoms with E-state index in [9.17, 15) is 0 Å². The molecule has 1 aromatic heterocycles. The van der Waals surface area contributed by atoms with Crippen molar-refractivity contribution < 1.29 is 9.47 Å². The van der Waals surface area contributed by atoms with Crippen LogP contribution in [0.5, 0.6) is 5.75 Å². The molecule has 0 radical (unpaired) electrons. The molecule has 0 spiro atoms. The highest BCUT2D eigenvalue weighted by Gasteiger charge is 2.21. The van der Waals surface area contributed by atoms with Gasteiger partial charge in [0.25, 0.3) is 0 Å². The van der Waals surface area contributed by atoms with E-state index < -0.39 is 0 Å². The molecule has 1 saturated heterocycles. The Morgan fingerprint density at radius 2 is 2.26 bits per heavy atom. The minimum atomic E-state index is 0.469. The molecule has 0 aromatic carbocycles. The summed E-state index contributed by atoms with van der Waals surface area (Å²) in [7, 11) is 1.73. The maximum atomic E-state index is 5.45. The first-order chi connectivity index (χ1) is 9.33. The van der Waals surface area contributed by atoms with Gasteiger partial charge in [0.15, 0.2) is 0 Å². The van der Waals surface area contributed by atoms with E-state index in [1.54, 1.807) is 18.4 Å². The smallest absolute Gasteiger partial charge is 0.129 e. The first-order valence-corrected chi connectivity index (χ1v) is 8.15. The molecule has 4 heteroatoms. The van der Waals surface area contributed by atoms with Gasteiger partial charge >= 0.3 is 0 Å². The van der Waals surface area contributed by atoms with E-state index in [0.29, 0.717) is 6.04 Å². The van der Waals surface area contributed by atoms with E-state index in [0.717, 1.165) is 31.4 Å². The van der Waals surface area contributed by atoms with Crippen LogP contribution in [0.15, 0.2) is 11.4 Å². The van der Waals surface area contributed by atoms with Crippen LogP contribution in [0.2, 0.25) is 0 Å². The van der Waals surface area contributed by atoms with Crippen LogP contribution in [0.3, 0.4) is 0 Å². The lowest BCUT2D eigenvalue weighted by atomic mass is 9.92. The molecule has 19 heavy (non-hydrogen) atoms. The highest BCUT2D eigenvalue weighted by Crippen LogP contribution is 2.33. The van der Waals surface area contributed by atoms with Crippen molar-refractivity contribution in [1.29, 1.82) is 0 Å². The maximum absolute atomic E-state index is 5.45. The lowest BCUT2D eigenvalue weighted by Gasteiger charge is -2.26. The van der Waals surface area contributed by atoms with Crippen LogP contribution in [-0.2, 0) is 4.74 Å². The third-order valence-corrected chi connectivity index (χ3v) is 4.75. The Balaban J connectivity index is 1.97. The predicted molar refractivity (Wildman–Crippen MR) is 80.1 cm³/mol. The summed E-state index contributed by atoms with van der Waals surface area (Å²) >= 11 is 1.80. The molecule has 0 saturated carbocycles. The largest absolute Gasteiger partial charge is 0.496 e. The number of methoxy groups -OCH3 is 1. The zero-order valence-electron chi connectivity index (χ0n) is 12.0. The molecule has 0 bridgehead atoms. The minimum Gasteiger partial charge on any atom is -0.496 e. The zero-order valence-corrected chi connectivity index (χ0v) is 12.8. The van der Waals surface area contributed by atoms with Gasteiger partial charge in [0.2, 0.25) is 0 Å². The lowest BCUT2D eigenvalue weighted by Crippen LogP contribution is -2.26. The van der Waals surface area contributed by atoms with Crippen molar-refractivity contribution >= 4 is 11.3 Å². The van der Waals surface area contributed by atoms with Gasteiger partial charge in [-0.2, -0.15) is 0 Å². The summed E-state index contributed by atoms with van der Waals surface area (Å²) in [4.78, 5) is 1.40. The van der Waals surface area contributed by atoms with E-state index in [1.165, 1.54) is 30.6 Å². The second-order valence-corrected chi connectivity index (χ2v) is 6.13. The fraction of sp³-hybridized carbons (Fsp3) is 0.733. The van der Waals surface area contributed by atoms with Crippen molar-refractivity contribution in [2.75, 3.05) is 26.9 Å². The molecule has 3 nitrogen and oxygen atoms in total. The van der Waals surface area contributed by atoms with Crippen molar-refractivity contribution in [3.8, 4) is 5.75 Å². The van der Waals surface area contributed by atoms with Crippen LogP contribution in [0.1, 0.15) is 43.5 Å². The molecule has 1 aromatic rings. The Bertz CT molecular complexity index is 361. The molecular formula is C15H25NO2S.